The summed E-state index contributed by atoms with van der Waals surface area (Å²) >= 11 is 0. The molecule has 4 heteroatoms. The fourth-order valence-electron chi connectivity index (χ4n) is 3.49. The van der Waals surface area contributed by atoms with Gasteiger partial charge in [0.2, 0.25) is 5.89 Å². The molecule has 0 unspecified atom stereocenters. The fourth-order valence-corrected chi connectivity index (χ4v) is 3.49. The van der Waals surface area contributed by atoms with Gasteiger partial charge in [0.1, 0.15) is 0 Å². The summed E-state index contributed by atoms with van der Waals surface area (Å²) in [5.41, 5.74) is 0. The van der Waals surface area contributed by atoms with Crippen LogP contribution in [0.25, 0.3) is 0 Å². The molecule has 4 nitrogen and oxygen atoms in total. The molecule has 19 heavy (non-hydrogen) atoms. The van der Waals surface area contributed by atoms with E-state index in [0.29, 0.717) is 12.0 Å². The standard InChI is InChI=1S/C15H25N3O/c1-10(2)11-5-7-12(8-6-11)14-17-15(19-18-14)13-4-3-9-16-13/h10-13,16H,3-9H2,1-2H3/t11?,12?,13-/m0/s1. The van der Waals surface area contributed by atoms with Crippen molar-refractivity contribution in [3.63, 3.8) is 0 Å². The summed E-state index contributed by atoms with van der Waals surface area (Å²) < 4.78 is 5.45. The number of nitrogens with zero attached hydrogens (tertiary/aromatic N) is 2. The van der Waals surface area contributed by atoms with Crippen LogP contribution in [0, 0.1) is 11.8 Å². The number of rotatable bonds is 3. The Balaban J connectivity index is 1.61. The van der Waals surface area contributed by atoms with Gasteiger partial charge in [-0.1, -0.05) is 19.0 Å². The van der Waals surface area contributed by atoms with Gasteiger partial charge < -0.3 is 9.84 Å². The van der Waals surface area contributed by atoms with Gasteiger partial charge in [0.05, 0.1) is 6.04 Å². The maximum atomic E-state index is 5.45. The molecule has 2 fully saturated rings. The van der Waals surface area contributed by atoms with E-state index in [1.54, 1.807) is 0 Å². The fraction of sp³-hybridized carbons (Fsp3) is 0.867. The van der Waals surface area contributed by atoms with E-state index in [1.807, 2.05) is 0 Å². The maximum Gasteiger partial charge on any atom is 0.243 e. The van der Waals surface area contributed by atoms with Crippen LogP contribution >= 0.6 is 0 Å². The third-order valence-corrected chi connectivity index (χ3v) is 4.90. The zero-order valence-corrected chi connectivity index (χ0v) is 12.1. The summed E-state index contributed by atoms with van der Waals surface area (Å²) in [6.45, 7) is 5.74. The highest BCUT2D eigenvalue weighted by Crippen LogP contribution is 2.38. The van der Waals surface area contributed by atoms with Gasteiger partial charge in [-0.05, 0) is 56.9 Å². The minimum atomic E-state index is 0.299. The molecule has 1 aliphatic heterocycles. The average Bonchev–Trinajstić information content (AvgIpc) is 3.10. The van der Waals surface area contributed by atoms with Crippen molar-refractivity contribution < 1.29 is 4.52 Å². The molecule has 0 bridgehead atoms. The Morgan fingerprint density at radius 1 is 1.16 bits per heavy atom. The van der Waals surface area contributed by atoms with E-state index in [0.717, 1.165) is 36.5 Å². The van der Waals surface area contributed by atoms with Crippen LogP contribution in [-0.2, 0) is 0 Å². The average molecular weight is 263 g/mol. The maximum absolute atomic E-state index is 5.45. The number of nitrogens with one attached hydrogen (secondary N) is 1. The van der Waals surface area contributed by atoms with Gasteiger partial charge in [-0.25, -0.2) is 0 Å². The van der Waals surface area contributed by atoms with Crippen LogP contribution in [0.1, 0.15) is 76.0 Å². The van der Waals surface area contributed by atoms with Crippen LogP contribution in [0.2, 0.25) is 0 Å². The molecule has 106 valence electrons. The van der Waals surface area contributed by atoms with Crippen LogP contribution < -0.4 is 5.32 Å². The normalized spacial score (nSPS) is 32.1. The summed E-state index contributed by atoms with van der Waals surface area (Å²) in [5, 5.41) is 7.64. The van der Waals surface area contributed by atoms with Gasteiger partial charge in [-0.15, -0.1) is 0 Å². The van der Waals surface area contributed by atoms with Gasteiger partial charge in [-0.3, -0.25) is 0 Å². The molecule has 0 radical (unpaired) electrons. The highest BCUT2D eigenvalue weighted by Gasteiger charge is 2.29. The van der Waals surface area contributed by atoms with Crippen molar-refractivity contribution >= 4 is 0 Å². The zero-order valence-electron chi connectivity index (χ0n) is 12.1. The summed E-state index contributed by atoms with van der Waals surface area (Å²) in [4.78, 5) is 4.65. The Morgan fingerprint density at radius 2 is 1.95 bits per heavy atom. The number of aromatic nitrogens is 2. The number of hydrogen-bond acceptors (Lipinski definition) is 4. The molecule has 0 amide bonds. The van der Waals surface area contributed by atoms with Gasteiger partial charge in [0.25, 0.3) is 0 Å². The molecule has 0 spiro atoms. The molecule has 1 atom stereocenters. The first kappa shape index (κ1) is 13.1. The lowest BCUT2D eigenvalue weighted by molar-refractivity contribution is 0.251. The first-order valence-corrected chi connectivity index (χ1v) is 7.81. The molecule has 1 aromatic rings. The van der Waals surface area contributed by atoms with Gasteiger partial charge in [0, 0.05) is 5.92 Å². The minimum Gasteiger partial charge on any atom is -0.338 e. The van der Waals surface area contributed by atoms with Gasteiger partial charge in [0.15, 0.2) is 5.82 Å². The SMILES string of the molecule is CC(C)C1CCC(c2noc([C@@H]3CCCN3)n2)CC1. The van der Waals surface area contributed by atoms with Crippen LogP contribution in [0.5, 0.6) is 0 Å². The third-order valence-electron chi connectivity index (χ3n) is 4.90. The topological polar surface area (TPSA) is 51.0 Å². The molecule has 3 rings (SSSR count). The molecule has 2 aliphatic rings. The van der Waals surface area contributed by atoms with Crippen molar-refractivity contribution in [2.24, 2.45) is 11.8 Å². The largest absolute Gasteiger partial charge is 0.338 e. The van der Waals surface area contributed by atoms with Crippen molar-refractivity contribution in [2.45, 2.75) is 64.3 Å². The predicted octanol–water partition coefficient (Wildman–Crippen LogP) is 3.42. The summed E-state index contributed by atoms with van der Waals surface area (Å²) in [5.74, 6) is 3.97. The van der Waals surface area contributed by atoms with E-state index >= 15 is 0 Å². The first-order chi connectivity index (χ1) is 9.24. The lowest BCUT2D eigenvalue weighted by atomic mass is 9.77. The van der Waals surface area contributed by atoms with Crippen molar-refractivity contribution in [1.29, 1.82) is 0 Å². The summed E-state index contributed by atoms with van der Waals surface area (Å²) in [6.07, 6.45) is 7.41. The molecule has 1 saturated heterocycles. The highest BCUT2D eigenvalue weighted by molar-refractivity contribution is 5.01. The van der Waals surface area contributed by atoms with E-state index in [1.165, 1.54) is 32.1 Å². The number of hydrogen-bond donors (Lipinski definition) is 1. The Hall–Kier alpha value is -0.900. The quantitative estimate of drug-likeness (QED) is 0.907. The Kier molecular flexibility index (Phi) is 3.87. The van der Waals surface area contributed by atoms with Crippen molar-refractivity contribution in [1.82, 2.24) is 15.5 Å². The Morgan fingerprint density at radius 3 is 2.58 bits per heavy atom. The van der Waals surface area contributed by atoms with Crippen molar-refractivity contribution in [3.05, 3.63) is 11.7 Å². The van der Waals surface area contributed by atoms with Crippen molar-refractivity contribution in [3.8, 4) is 0 Å². The molecule has 2 heterocycles. The van der Waals surface area contributed by atoms with E-state index in [2.05, 4.69) is 29.3 Å². The second kappa shape index (κ2) is 5.61. The van der Waals surface area contributed by atoms with E-state index < -0.39 is 0 Å². The van der Waals surface area contributed by atoms with Crippen LogP contribution in [0.15, 0.2) is 4.52 Å². The molecule has 1 N–H and O–H groups in total. The van der Waals surface area contributed by atoms with Gasteiger partial charge in [-0.2, -0.15) is 4.98 Å². The predicted molar refractivity (Wildman–Crippen MR) is 73.8 cm³/mol. The summed E-state index contributed by atoms with van der Waals surface area (Å²) in [7, 11) is 0. The summed E-state index contributed by atoms with van der Waals surface area (Å²) in [6, 6.07) is 0.299. The lowest BCUT2D eigenvalue weighted by Crippen LogP contribution is -2.18. The second-order valence-electron chi connectivity index (χ2n) is 6.50. The lowest BCUT2D eigenvalue weighted by Gasteiger charge is -2.29. The van der Waals surface area contributed by atoms with E-state index in [-0.39, 0.29) is 0 Å². The third kappa shape index (κ3) is 2.83. The molecular weight excluding hydrogens is 238 g/mol. The van der Waals surface area contributed by atoms with Crippen molar-refractivity contribution in [2.75, 3.05) is 6.54 Å². The Bertz CT molecular complexity index is 401. The molecule has 1 aromatic heterocycles. The van der Waals surface area contributed by atoms with Gasteiger partial charge >= 0.3 is 0 Å². The van der Waals surface area contributed by atoms with Crippen LogP contribution in [0.3, 0.4) is 0 Å². The van der Waals surface area contributed by atoms with E-state index in [4.69, 9.17) is 4.52 Å². The smallest absolute Gasteiger partial charge is 0.243 e. The highest BCUT2D eigenvalue weighted by atomic mass is 16.5. The zero-order chi connectivity index (χ0) is 13.2. The minimum absolute atomic E-state index is 0.299. The molecule has 1 aliphatic carbocycles. The Labute approximate surface area is 115 Å². The molecular formula is C15H25N3O. The molecule has 0 aromatic carbocycles. The van der Waals surface area contributed by atoms with Crippen LogP contribution in [-0.4, -0.2) is 16.7 Å². The van der Waals surface area contributed by atoms with Crippen LogP contribution in [0.4, 0.5) is 0 Å². The monoisotopic (exact) mass is 263 g/mol. The molecule has 1 saturated carbocycles. The first-order valence-electron chi connectivity index (χ1n) is 7.81. The van der Waals surface area contributed by atoms with E-state index in [9.17, 15) is 0 Å². The second-order valence-corrected chi connectivity index (χ2v) is 6.50.